The van der Waals surface area contributed by atoms with Gasteiger partial charge in [0.25, 0.3) is 0 Å². The van der Waals surface area contributed by atoms with E-state index in [2.05, 4.69) is 16.3 Å². The van der Waals surface area contributed by atoms with Gasteiger partial charge in [-0.2, -0.15) is 0 Å². The first-order valence-corrected chi connectivity index (χ1v) is 6.99. The minimum absolute atomic E-state index is 0. The van der Waals surface area contributed by atoms with Gasteiger partial charge in [-0.05, 0) is 25.5 Å². The number of nitrogens with two attached hydrogens (primary N) is 1. The van der Waals surface area contributed by atoms with Crippen LogP contribution < -0.4 is 11.1 Å². The first-order chi connectivity index (χ1) is 9.58. The molecular weight excluding hydrogens is 290 g/mol. The quantitative estimate of drug-likeness (QED) is 0.880. The number of nitrogens with one attached hydrogen (secondary N) is 1. The average molecular weight is 314 g/mol. The van der Waals surface area contributed by atoms with Gasteiger partial charge in [0.1, 0.15) is 0 Å². The largest absolute Gasteiger partial charge is 0.374 e. The lowest BCUT2D eigenvalue weighted by Crippen LogP contribution is -2.48. The monoisotopic (exact) mass is 313 g/mol. The van der Waals surface area contributed by atoms with Crippen molar-refractivity contribution in [1.82, 2.24) is 4.90 Å². The van der Waals surface area contributed by atoms with Gasteiger partial charge in [-0.1, -0.05) is 17.7 Å². The Kier molecular flexibility index (Phi) is 7.11. The van der Waals surface area contributed by atoms with E-state index in [0.29, 0.717) is 19.7 Å². The van der Waals surface area contributed by atoms with E-state index < -0.39 is 0 Å². The number of hydrogen-bond acceptors (Lipinski definition) is 4. The second-order valence-corrected chi connectivity index (χ2v) is 5.33. The zero-order valence-corrected chi connectivity index (χ0v) is 13.4. The highest BCUT2D eigenvalue weighted by atomic mass is 35.5. The summed E-state index contributed by atoms with van der Waals surface area (Å²) in [4.78, 5) is 14.2. The second-order valence-electron chi connectivity index (χ2n) is 5.33. The topological polar surface area (TPSA) is 67.6 Å². The maximum atomic E-state index is 12.1. The molecule has 0 radical (unpaired) electrons. The molecule has 1 aromatic carbocycles. The standard InChI is InChI=1S/C15H23N3O2.ClH/c1-11-3-4-14(12(2)7-11)17-15(19)10-18-5-6-20-13(8-16)9-18;/h3-4,7,13H,5-6,8-10,16H2,1-2H3,(H,17,19);1H. The van der Waals surface area contributed by atoms with Gasteiger partial charge in [-0.15, -0.1) is 12.4 Å². The molecule has 0 saturated carbocycles. The van der Waals surface area contributed by atoms with E-state index in [1.807, 2.05) is 26.0 Å². The van der Waals surface area contributed by atoms with Crippen LogP contribution in [0.3, 0.4) is 0 Å². The van der Waals surface area contributed by atoms with E-state index in [-0.39, 0.29) is 24.4 Å². The maximum Gasteiger partial charge on any atom is 0.238 e. The van der Waals surface area contributed by atoms with Gasteiger partial charge in [0.15, 0.2) is 0 Å². The van der Waals surface area contributed by atoms with Crippen molar-refractivity contribution in [2.24, 2.45) is 5.73 Å². The molecule has 1 aromatic rings. The lowest BCUT2D eigenvalue weighted by molar-refractivity contribution is -0.119. The Morgan fingerprint density at radius 3 is 2.90 bits per heavy atom. The van der Waals surface area contributed by atoms with Crippen LogP contribution in [0.1, 0.15) is 11.1 Å². The SMILES string of the molecule is Cc1ccc(NC(=O)CN2CCOC(CN)C2)c(C)c1.Cl. The third-order valence-electron chi connectivity index (χ3n) is 3.51. The predicted molar refractivity (Wildman–Crippen MR) is 87.0 cm³/mol. The van der Waals surface area contributed by atoms with Crippen molar-refractivity contribution < 1.29 is 9.53 Å². The van der Waals surface area contributed by atoms with Gasteiger partial charge >= 0.3 is 0 Å². The molecule has 1 fully saturated rings. The highest BCUT2D eigenvalue weighted by Crippen LogP contribution is 2.16. The minimum atomic E-state index is 0. The lowest BCUT2D eigenvalue weighted by atomic mass is 10.1. The number of hydrogen-bond donors (Lipinski definition) is 2. The van der Waals surface area contributed by atoms with E-state index in [0.717, 1.165) is 24.3 Å². The number of carbonyl (C=O) groups excluding carboxylic acids is 1. The van der Waals surface area contributed by atoms with Gasteiger partial charge in [-0.25, -0.2) is 0 Å². The molecule has 1 atom stereocenters. The Balaban J connectivity index is 0.00000220. The van der Waals surface area contributed by atoms with Crippen LogP contribution in [0.2, 0.25) is 0 Å². The van der Waals surface area contributed by atoms with Crippen molar-refractivity contribution in [3.8, 4) is 0 Å². The van der Waals surface area contributed by atoms with E-state index >= 15 is 0 Å². The van der Waals surface area contributed by atoms with Crippen LogP contribution in [0, 0.1) is 13.8 Å². The zero-order valence-electron chi connectivity index (χ0n) is 12.6. The summed E-state index contributed by atoms with van der Waals surface area (Å²) in [6, 6.07) is 6.02. The third-order valence-corrected chi connectivity index (χ3v) is 3.51. The van der Waals surface area contributed by atoms with Crippen molar-refractivity contribution in [2.45, 2.75) is 20.0 Å². The number of morpholine rings is 1. The molecule has 0 bridgehead atoms. The van der Waals surface area contributed by atoms with Gasteiger partial charge in [0.05, 0.1) is 19.3 Å². The lowest BCUT2D eigenvalue weighted by Gasteiger charge is -2.31. The van der Waals surface area contributed by atoms with Crippen molar-refractivity contribution >= 4 is 24.0 Å². The Morgan fingerprint density at radius 1 is 1.48 bits per heavy atom. The van der Waals surface area contributed by atoms with Gasteiger partial charge < -0.3 is 15.8 Å². The molecule has 0 aromatic heterocycles. The molecule has 2 rings (SSSR count). The molecule has 0 aliphatic carbocycles. The molecule has 1 unspecified atom stereocenters. The molecule has 1 saturated heterocycles. The summed E-state index contributed by atoms with van der Waals surface area (Å²) in [5.74, 6) is 0.00891. The van der Waals surface area contributed by atoms with Gasteiger partial charge in [-0.3, -0.25) is 9.69 Å². The zero-order chi connectivity index (χ0) is 14.5. The number of aryl methyl sites for hydroxylation is 2. The molecular formula is C15H24ClN3O2. The van der Waals surface area contributed by atoms with Gasteiger partial charge in [0.2, 0.25) is 5.91 Å². The minimum Gasteiger partial charge on any atom is -0.374 e. The number of carbonyl (C=O) groups is 1. The molecule has 118 valence electrons. The summed E-state index contributed by atoms with van der Waals surface area (Å²) < 4.78 is 5.49. The van der Waals surface area contributed by atoms with Crippen LogP contribution in [0.15, 0.2) is 18.2 Å². The number of rotatable bonds is 4. The van der Waals surface area contributed by atoms with Crippen molar-refractivity contribution in [1.29, 1.82) is 0 Å². The maximum absolute atomic E-state index is 12.1. The van der Waals surface area contributed by atoms with E-state index in [1.165, 1.54) is 5.56 Å². The number of amides is 1. The normalized spacial score (nSPS) is 18.9. The fourth-order valence-corrected chi connectivity index (χ4v) is 2.41. The fourth-order valence-electron chi connectivity index (χ4n) is 2.41. The summed E-state index contributed by atoms with van der Waals surface area (Å²) in [6.45, 7) is 7.05. The van der Waals surface area contributed by atoms with E-state index in [4.69, 9.17) is 10.5 Å². The van der Waals surface area contributed by atoms with Gasteiger partial charge in [0, 0.05) is 25.3 Å². The number of halogens is 1. The molecule has 1 heterocycles. The summed E-state index contributed by atoms with van der Waals surface area (Å²) in [5.41, 5.74) is 8.76. The molecule has 3 N–H and O–H groups in total. The van der Waals surface area contributed by atoms with Crippen LogP contribution in [0.4, 0.5) is 5.69 Å². The smallest absolute Gasteiger partial charge is 0.238 e. The van der Waals surface area contributed by atoms with Crippen LogP contribution >= 0.6 is 12.4 Å². The summed E-state index contributed by atoms with van der Waals surface area (Å²) >= 11 is 0. The molecule has 21 heavy (non-hydrogen) atoms. The molecule has 5 nitrogen and oxygen atoms in total. The number of anilines is 1. The van der Waals surface area contributed by atoms with Crippen LogP contribution in [0.5, 0.6) is 0 Å². The Hall–Kier alpha value is -1.14. The predicted octanol–water partition coefficient (Wildman–Crippen LogP) is 1.32. The van der Waals surface area contributed by atoms with Crippen LogP contribution in [0.25, 0.3) is 0 Å². The summed E-state index contributed by atoms with van der Waals surface area (Å²) in [7, 11) is 0. The number of ether oxygens (including phenoxy) is 1. The Morgan fingerprint density at radius 2 is 2.24 bits per heavy atom. The number of nitrogens with zero attached hydrogens (tertiary/aromatic N) is 1. The Labute approximate surface area is 132 Å². The van der Waals surface area contributed by atoms with Crippen LogP contribution in [-0.4, -0.2) is 49.7 Å². The first kappa shape index (κ1) is 17.9. The highest BCUT2D eigenvalue weighted by Gasteiger charge is 2.21. The molecule has 1 amide bonds. The summed E-state index contributed by atoms with van der Waals surface area (Å²) in [5, 5.41) is 2.96. The van der Waals surface area contributed by atoms with E-state index in [9.17, 15) is 4.79 Å². The van der Waals surface area contributed by atoms with Crippen molar-refractivity contribution in [2.75, 3.05) is 38.1 Å². The van der Waals surface area contributed by atoms with Crippen LogP contribution in [-0.2, 0) is 9.53 Å². The van der Waals surface area contributed by atoms with E-state index in [1.54, 1.807) is 0 Å². The highest BCUT2D eigenvalue weighted by molar-refractivity contribution is 5.93. The molecule has 6 heteroatoms. The van der Waals surface area contributed by atoms with Crippen molar-refractivity contribution in [3.05, 3.63) is 29.3 Å². The van der Waals surface area contributed by atoms with Crippen molar-refractivity contribution in [3.63, 3.8) is 0 Å². The fraction of sp³-hybridized carbons (Fsp3) is 0.533. The Bertz CT molecular complexity index is 482. The second kappa shape index (κ2) is 8.34. The summed E-state index contributed by atoms with van der Waals surface area (Å²) in [6.07, 6.45) is 0.0395. The molecule has 1 aliphatic rings. The number of benzene rings is 1. The molecule has 0 spiro atoms. The molecule has 1 aliphatic heterocycles. The third kappa shape index (κ3) is 5.28. The first-order valence-electron chi connectivity index (χ1n) is 6.99. The average Bonchev–Trinajstić information content (AvgIpc) is 2.42.